The van der Waals surface area contributed by atoms with E-state index in [1.165, 1.54) is 0 Å². The predicted octanol–water partition coefficient (Wildman–Crippen LogP) is 2.23. The Morgan fingerprint density at radius 3 is 2.54 bits per heavy atom. The van der Waals surface area contributed by atoms with E-state index in [4.69, 9.17) is 0 Å². The molecule has 68 valence electrons. The Kier molecular flexibility index (Phi) is 3.20. The van der Waals surface area contributed by atoms with Crippen LogP contribution in [0.3, 0.4) is 0 Å². The fourth-order valence-corrected chi connectivity index (χ4v) is 1.18. The van der Waals surface area contributed by atoms with Crippen molar-refractivity contribution in [3.05, 3.63) is 58.7 Å². The molecule has 0 fully saturated rings. The van der Waals surface area contributed by atoms with Crippen molar-refractivity contribution in [3.63, 3.8) is 0 Å². The maximum absolute atomic E-state index is 10.3. The Bertz CT molecular complexity index is 295. The molecule has 0 radical (unpaired) electrons. The normalized spacial score (nSPS) is 12.0. The average Bonchev–Trinajstić information content (AvgIpc) is 2.15. The van der Waals surface area contributed by atoms with Gasteiger partial charge in [-0.1, -0.05) is 36.4 Å². The fourth-order valence-electron chi connectivity index (χ4n) is 1.18. The van der Waals surface area contributed by atoms with Gasteiger partial charge in [0.05, 0.1) is 5.92 Å². The minimum Gasteiger partial charge on any atom is -0.265 e. The van der Waals surface area contributed by atoms with Crippen LogP contribution in [0.4, 0.5) is 0 Å². The third-order valence-corrected chi connectivity index (χ3v) is 1.86. The first-order chi connectivity index (χ1) is 6.24. The van der Waals surface area contributed by atoms with Crippen molar-refractivity contribution in [2.24, 2.45) is 0 Å². The van der Waals surface area contributed by atoms with Crippen LogP contribution in [-0.2, 0) is 0 Å². The molecule has 3 heteroatoms. The van der Waals surface area contributed by atoms with E-state index in [-0.39, 0.29) is 17.4 Å². The molecule has 0 saturated carbocycles. The Balaban J connectivity index is 2.78. The van der Waals surface area contributed by atoms with E-state index < -0.39 is 0 Å². The second-order valence-corrected chi connectivity index (χ2v) is 2.77. The quantitative estimate of drug-likeness (QED) is 0.402. The molecule has 1 aromatic rings. The Morgan fingerprint density at radius 1 is 1.46 bits per heavy atom. The molecule has 1 rings (SSSR count). The maximum atomic E-state index is 10.3. The lowest BCUT2D eigenvalue weighted by Gasteiger charge is -2.06. The molecule has 0 saturated heterocycles. The van der Waals surface area contributed by atoms with Crippen molar-refractivity contribution in [3.8, 4) is 0 Å². The summed E-state index contributed by atoms with van der Waals surface area (Å²) in [5.41, 5.74) is 0.939. The zero-order valence-corrected chi connectivity index (χ0v) is 7.22. The van der Waals surface area contributed by atoms with Crippen LogP contribution in [0.5, 0.6) is 0 Å². The lowest BCUT2D eigenvalue weighted by atomic mass is 10.00. The van der Waals surface area contributed by atoms with Gasteiger partial charge < -0.3 is 0 Å². The van der Waals surface area contributed by atoms with Crippen molar-refractivity contribution >= 4 is 0 Å². The highest BCUT2D eigenvalue weighted by Gasteiger charge is 2.12. The average molecular weight is 177 g/mol. The number of rotatable bonds is 4. The number of benzene rings is 1. The molecular formula is C10H11NO2. The third kappa shape index (κ3) is 2.71. The number of hydrogen-bond acceptors (Lipinski definition) is 2. The molecule has 0 aliphatic carbocycles. The van der Waals surface area contributed by atoms with E-state index in [0.717, 1.165) is 5.56 Å². The Hall–Kier alpha value is -1.64. The van der Waals surface area contributed by atoms with E-state index >= 15 is 0 Å². The molecule has 0 bridgehead atoms. The van der Waals surface area contributed by atoms with Crippen LogP contribution >= 0.6 is 0 Å². The fraction of sp³-hybridized carbons (Fsp3) is 0.200. The molecule has 3 nitrogen and oxygen atoms in total. The second kappa shape index (κ2) is 4.40. The summed E-state index contributed by atoms with van der Waals surface area (Å²) in [7, 11) is 0. The zero-order valence-electron chi connectivity index (χ0n) is 7.22. The van der Waals surface area contributed by atoms with Gasteiger partial charge in [0.1, 0.15) is 0 Å². The lowest BCUT2D eigenvalue weighted by Crippen LogP contribution is -2.09. The van der Waals surface area contributed by atoms with Gasteiger partial charge in [0.2, 0.25) is 6.54 Å². The van der Waals surface area contributed by atoms with E-state index in [9.17, 15) is 10.1 Å². The highest BCUT2D eigenvalue weighted by molar-refractivity contribution is 5.22. The van der Waals surface area contributed by atoms with Crippen LogP contribution in [0.2, 0.25) is 0 Å². The first kappa shape index (κ1) is 9.45. The highest BCUT2D eigenvalue weighted by Crippen LogP contribution is 2.15. The van der Waals surface area contributed by atoms with Gasteiger partial charge in [-0.3, -0.25) is 10.1 Å². The van der Waals surface area contributed by atoms with Gasteiger partial charge in [-0.05, 0) is 5.56 Å². The Labute approximate surface area is 76.9 Å². The molecular weight excluding hydrogens is 166 g/mol. The van der Waals surface area contributed by atoms with Crippen LogP contribution in [-0.4, -0.2) is 11.5 Å². The van der Waals surface area contributed by atoms with Crippen LogP contribution in [0.1, 0.15) is 11.5 Å². The van der Waals surface area contributed by atoms with Gasteiger partial charge in [0.25, 0.3) is 0 Å². The topological polar surface area (TPSA) is 43.1 Å². The molecule has 0 aromatic heterocycles. The Morgan fingerprint density at radius 2 is 2.08 bits per heavy atom. The predicted molar refractivity (Wildman–Crippen MR) is 51.2 cm³/mol. The molecule has 0 aliphatic heterocycles. The van der Waals surface area contributed by atoms with Gasteiger partial charge in [-0.2, -0.15) is 0 Å². The minimum atomic E-state index is -0.320. The van der Waals surface area contributed by atoms with Crippen LogP contribution < -0.4 is 0 Å². The summed E-state index contributed by atoms with van der Waals surface area (Å²) in [5, 5.41) is 10.3. The van der Waals surface area contributed by atoms with Gasteiger partial charge >= 0.3 is 0 Å². The smallest absolute Gasteiger partial charge is 0.214 e. The monoisotopic (exact) mass is 177 g/mol. The molecule has 1 atom stereocenters. The molecule has 0 aliphatic rings. The minimum absolute atomic E-state index is 0.0898. The molecule has 0 unspecified atom stereocenters. The molecule has 13 heavy (non-hydrogen) atoms. The largest absolute Gasteiger partial charge is 0.265 e. The van der Waals surface area contributed by atoms with Gasteiger partial charge in [-0.25, -0.2) is 0 Å². The molecule has 0 spiro atoms. The van der Waals surface area contributed by atoms with Gasteiger partial charge in [0, 0.05) is 4.92 Å². The van der Waals surface area contributed by atoms with Crippen molar-refractivity contribution in [1.29, 1.82) is 0 Å². The van der Waals surface area contributed by atoms with Gasteiger partial charge in [-0.15, -0.1) is 6.58 Å². The van der Waals surface area contributed by atoms with E-state index in [1.54, 1.807) is 6.08 Å². The van der Waals surface area contributed by atoms with Crippen LogP contribution in [0.25, 0.3) is 0 Å². The first-order valence-electron chi connectivity index (χ1n) is 4.03. The maximum Gasteiger partial charge on any atom is 0.214 e. The van der Waals surface area contributed by atoms with Crippen molar-refractivity contribution < 1.29 is 4.92 Å². The van der Waals surface area contributed by atoms with Crippen molar-refractivity contribution in [2.45, 2.75) is 5.92 Å². The second-order valence-electron chi connectivity index (χ2n) is 2.77. The highest BCUT2D eigenvalue weighted by atomic mass is 16.6. The number of hydrogen-bond donors (Lipinski definition) is 0. The van der Waals surface area contributed by atoms with Crippen LogP contribution in [0.15, 0.2) is 43.0 Å². The summed E-state index contributed by atoms with van der Waals surface area (Å²) < 4.78 is 0. The molecule has 0 N–H and O–H groups in total. The van der Waals surface area contributed by atoms with Crippen molar-refractivity contribution in [2.75, 3.05) is 6.54 Å². The van der Waals surface area contributed by atoms with Gasteiger partial charge in [0.15, 0.2) is 0 Å². The zero-order chi connectivity index (χ0) is 9.68. The van der Waals surface area contributed by atoms with E-state index in [0.29, 0.717) is 0 Å². The third-order valence-electron chi connectivity index (χ3n) is 1.86. The summed E-state index contributed by atoms with van der Waals surface area (Å²) in [6, 6.07) is 9.36. The molecule has 0 heterocycles. The first-order valence-corrected chi connectivity index (χ1v) is 4.03. The van der Waals surface area contributed by atoms with E-state index in [2.05, 4.69) is 6.58 Å². The summed E-state index contributed by atoms with van der Waals surface area (Å²) in [5.74, 6) is -0.184. The summed E-state index contributed by atoms with van der Waals surface area (Å²) in [4.78, 5) is 9.98. The SMILES string of the molecule is C=C[C@@H](C[N+](=O)[O-])c1ccccc1. The summed E-state index contributed by atoms with van der Waals surface area (Å²) in [6.45, 7) is 3.50. The summed E-state index contributed by atoms with van der Waals surface area (Å²) in [6.07, 6.45) is 1.61. The molecule has 0 amide bonds. The summed E-state index contributed by atoms with van der Waals surface area (Å²) >= 11 is 0. The lowest BCUT2D eigenvalue weighted by molar-refractivity contribution is -0.481. The standard InChI is InChI=1S/C10H11NO2/c1-2-9(8-11(12)13)10-6-4-3-5-7-10/h2-7,9H,1,8H2/t9-/m0/s1. The van der Waals surface area contributed by atoms with Crippen molar-refractivity contribution in [1.82, 2.24) is 0 Å². The number of nitro groups is 1. The molecule has 1 aromatic carbocycles. The van der Waals surface area contributed by atoms with E-state index in [1.807, 2.05) is 30.3 Å². The van der Waals surface area contributed by atoms with Crippen LogP contribution in [0, 0.1) is 10.1 Å². The number of nitrogens with zero attached hydrogens (tertiary/aromatic N) is 1.